The first kappa shape index (κ1) is 12.8. The molecule has 1 heterocycles. The lowest BCUT2D eigenvalue weighted by molar-refractivity contribution is -0.137. The van der Waals surface area contributed by atoms with Gasteiger partial charge in [0.15, 0.2) is 0 Å². The predicted molar refractivity (Wildman–Crippen MR) is 60.0 cm³/mol. The smallest absolute Gasteiger partial charge is 0.323 e. The van der Waals surface area contributed by atoms with Crippen LogP contribution in [-0.4, -0.2) is 35.5 Å². The predicted octanol–water partition coefficient (Wildman–Crippen LogP) is 0.939. The third-order valence-corrected chi connectivity index (χ3v) is 2.84. The molecule has 1 amide bonds. The fourth-order valence-electron chi connectivity index (χ4n) is 2.04. The van der Waals surface area contributed by atoms with Gasteiger partial charge in [-0.15, -0.1) is 0 Å². The molecule has 6 nitrogen and oxygen atoms in total. The van der Waals surface area contributed by atoms with Crippen molar-refractivity contribution in [1.82, 2.24) is 4.90 Å². The van der Waals surface area contributed by atoms with Crippen molar-refractivity contribution in [2.75, 3.05) is 13.7 Å². The van der Waals surface area contributed by atoms with Crippen LogP contribution in [0.25, 0.3) is 0 Å². The molecule has 1 aromatic carbocycles. The van der Waals surface area contributed by atoms with Crippen molar-refractivity contribution >= 4 is 11.9 Å². The first-order chi connectivity index (χ1) is 8.99. The molecule has 0 spiro atoms. The number of nitrogens with zero attached hydrogens (tertiary/aromatic N) is 2. The molecule has 0 aliphatic carbocycles. The van der Waals surface area contributed by atoms with Gasteiger partial charge < -0.3 is 14.7 Å². The minimum atomic E-state index is -1.27. The van der Waals surface area contributed by atoms with Gasteiger partial charge in [0.2, 0.25) is 0 Å². The maximum atomic E-state index is 13.8. The molecule has 0 saturated heterocycles. The second-order valence-electron chi connectivity index (χ2n) is 3.93. The normalized spacial score (nSPS) is 17.0. The van der Waals surface area contributed by atoms with E-state index in [9.17, 15) is 14.0 Å². The molecule has 0 bridgehead atoms. The number of carboxylic acid groups (broad SMARTS) is 1. The van der Waals surface area contributed by atoms with Crippen LogP contribution in [0.3, 0.4) is 0 Å². The van der Waals surface area contributed by atoms with Crippen molar-refractivity contribution < 1.29 is 23.8 Å². The van der Waals surface area contributed by atoms with Crippen LogP contribution >= 0.6 is 0 Å². The van der Waals surface area contributed by atoms with Crippen LogP contribution in [0.5, 0.6) is 5.75 Å². The number of aliphatic carboxylic acids is 1. The number of carboxylic acids is 1. The third kappa shape index (κ3) is 1.97. The molecule has 1 unspecified atom stereocenters. The minimum Gasteiger partial charge on any atom is -0.497 e. The minimum absolute atomic E-state index is 0.130. The van der Waals surface area contributed by atoms with Gasteiger partial charge in [0.05, 0.1) is 18.7 Å². The number of rotatable bonds is 3. The van der Waals surface area contributed by atoms with Crippen LogP contribution in [0.2, 0.25) is 0 Å². The van der Waals surface area contributed by atoms with Crippen LogP contribution in [0.1, 0.15) is 22.0 Å². The standard InChI is InChI=1S/C12H9FN2O4/c1-19-6-2-7-9(4-14)15(5-10(16)17)12(18)11(7)8(13)3-6/h2-3,9H,5H2,1H3,(H,16,17). The molecule has 1 atom stereocenters. The maximum absolute atomic E-state index is 13.8. The summed E-state index contributed by atoms with van der Waals surface area (Å²) in [5, 5.41) is 17.8. The van der Waals surface area contributed by atoms with E-state index >= 15 is 0 Å². The number of carbonyl (C=O) groups excluding carboxylic acids is 1. The highest BCUT2D eigenvalue weighted by atomic mass is 19.1. The van der Waals surface area contributed by atoms with E-state index in [1.54, 1.807) is 6.07 Å². The van der Waals surface area contributed by atoms with E-state index in [4.69, 9.17) is 15.1 Å². The molecule has 7 heteroatoms. The summed E-state index contributed by atoms with van der Waals surface area (Å²) in [6.45, 7) is -0.659. The Balaban J connectivity index is 2.56. The summed E-state index contributed by atoms with van der Waals surface area (Å²) in [5.41, 5.74) is -0.140. The molecule has 0 fully saturated rings. The summed E-state index contributed by atoms with van der Waals surface area (Å²) in [4.78, 5) is 23.5. The summed E-state index contributed by atoms with van der Waals surface area (Å²) in [6, 6.07) is 3.07. The number of nitriles is 1. The number of hydrogen-bond acceptors (Lipinski definition) is 4. The molecule has 0 radical (unpaired) electrons. The van der Waals surface area contributed by atoms with E-state index in [1.165, 1.54) is 13.2 Å². The number of fused-ring (bicyclic) bond motifs is 1. The second kappa shape index (κ2) is 4.57. The van der Waals surface area contributed by atoms with E-state index in [-0.39, 0.29) is 16.9 Å². The highest BCUT2D eigenvalue weighted by Crippen LogP contribution is 2.36. The highest BCUT2D eigenvalue weighted by molar-refractivity contribution is 6.01. The molecule has 0 saturated carbocycles. The average molecular weight is 264 g/mol. The largest absolute Gasteiger partial charge is 0.497 e. The quantitative estimate of drug-likeness (QED) is 0.877. The van der Waals surface area contributed by atoms with Gasteiger partial charge in [-0.25, -0.2) is 4.39 Å². The van der Waals surface area contributed by atoms with Crippen molar-refractivity contribution in [2.24, 2.45) is 0 Å². The average Bonchev–Trinajstić information content (AvgIpc) is 2.61. The first-order valence-corrected chi connectivity index (χ1v) is 5.29. The van der Waals surface area contributed by atoms with E-state index < -0.39 is 30.3 Å². The van der Waals surface area contributed by atoms with Gasteiger partial charge in [-0.3, -0.25) is 9.59 Å². The lowest BCUT2D eigenvalue weighted by Gasteiger charge is -2.17. The highest BCUT2D eigenvalue weighted by Gasteiger charge is 2.40. The van der Waals surface area contributed by atoms with Crippen LogP contribution in [0.15, 0.2) is 12.1 Å². The van der Waals surface area contributed by atoms with E-state index in [2.05, 4.69) is 0 Å². The zero-order valence-corrected chi connectivity index (χ0v) is 9.88. The molecular weight excluding hydrogens is 255 g/mol. The SMILES string of the molecule is COc1cc(F)c2c(c1)C(C#N)N(CC(=O)O)C2=O. The fraction of sp³-hybridized carbons (Fsp3) is 0.250. The summed E-state index contributed by atoms with van der Waals surface area (Å²) < 4.78 is 18.7. The Hall–Kier alpha value is -2.62. The zero-order valence-electron chi connectivity index (χ0n) is 9.88. The van der Waals surface area contributed by atoms with Gasteiger partial charge in [0, 0.05) is 11.6 Å². The van der Waals surface area contributed by atoms with Gasteiger partial charge in [-0.05, 0) is 6.07 Å². The Kier molecular flexibility index (Phi) is 3.09. The number of amides is 1. The van der Waals surface area contributed by atoms with Crippen molar-refractivity contribution in [3.8, 4) is 11.8 Å². The second-order valence-corrected chi connectivity index (χ2v) is 3.93. The van der Waals surface area contributed by atoms with Gasteiger partial charge in [0.1, 0.15) is 24.2 Å². The molecule has 1 aromatic rings. The zero-order chi connectivity index (χ0) is 14.2. The van der Waals surface area contributed by atoms with Crippen LogP contribution in [0, 0.1) is 17.1 Å². The number of halogens is 1. The lowest BCUT2D eigenvalue weighted by atomic mass is 10.0. The van der Waals surface area contributed by atoms with Crippen LogP contribution < -0.4 is 4.74 Å². The Bertz CT molecular complexity index is 608. The van der Waals surface area contributed by atoms with Crippen molar-refractivity contribution in [1.29, 1.82) is 5.26 Å². The van der Waals surface area contributed by atoms with Gasteiger partial charge in [-0.1, -0.05) is 0 Å². The topological polar surface area (TPSA) is 90.6 Å². The van der Waals surface area contributed by atoms with E-state index in [0.717, 1.165) is 11.0 Å². The molecule has 19 heavy (non-hydrogen) atoms. The number of methoxy groups -OCH3 is 1. The number of hydrogen-bond donors (Lipinski definition) is 1. The molecular formula is C12H9FN2O4. The molecule has 0 aromatic heterocycles. The van der Waals surface area contributed by atoms with Crippen LogP contribution in [-0.2, 0) is 4.79 Å². The Morgan fingerprint density at radius 1 is 1.63 bits per heavy atom. The number of ether oxygens (including phenoxy) is 1. The maximum Gasteiger partial charge on any atom is 0.323 e. The monoisotopic (exact) mass is 264 g/mol. The Labute approximate surface area is 107 Å². The summed E-state index contributed by atoms with van der Waals surface area (Å²) >= 11 is 0. The molecule has 1 N–H and O–H groups in total. The van der Waals surface area contributed by atoms with Gasteiger partial charge in [-0.2, -0.15) is 5.26 Å². The Morgan fingerprint density at radius 3 is 2.84 bits per heavy atom. The summed E-state index contributed by atoms with van der Waals surface area (Å²) in [7, 11) is 1.33. The number of benzene rings is 1. The molecule has 98 valence electrons. The van der Waals surface area contributed by atoms with Crippen molar-refractivity contribution in [3.05, 3.63) is 29.1 Å². The lowest BCUT2D eigenvalue weighted by Crippen LogP contribution is -2.32. The summed E-state index contributed by atoms with van der Waals surface area (Å²) in [6.07, 6.45) is 0. The van der Waals surface area contributed by atoms with Crippen LogP contribution in [0.4, 0.5) is 4.39 Å². The van der Waals surface area contributed by atoms with E-state index in [1.807, 2.05) is 0 Å². The Morgan fingerprint density at radius 2 is 2.32 bits per heavy atom. The summed E-state index contributed by atoms with van der Waals surface area (Å²) in [5.74, 6) is -2.73. The molecule has 1 aliphatic rings. The molecule has 1 aliphatic heterocycles. The first-order valence-electron chi connectivity index (χ1n) is 5.29. The molecule has 2 rings (SSSR count). The third-order valence-electron chi connectivity index (χ3n) is 2.84. The van der Waals surface area contributed by atoms with Gasteiger partial charge >= 0.3 is 5.97 Å². The van der Waals surface area contributed by atoms with Crippen molar-refractivity contribution in [3.63, 3.8) is 0 Å². The number of carbonyl (C=O) groups is 2. The fourth-order valence-corrected chi connectivity index (χ4v) is 2.04. The van der Waals surface area contributed by atoms with E-state index in [0.29, 0.717) is 0 Å². The van der Waals surface area contributed by atoms with Gasteiger partial charge in [0.25, 0.3) is 5.91 Å². The van der Waals surface area contributed by atoms with Crippen molar-refractivity contribution in [2.45, 2.75) is 6.04 Å².